The van der Waals surface area contributed by atoms with E-state index in [-0.39, 0.29) is 23.3 Å². The van der Waals surface area contributed by atoms with E-state index in [9.17, 15) is 39.5 Å². The standard InChI is InChI=1S/C12H7Cl2F9/c13-4-6-1-7(5-14)3-8(2-6)9(15,11(18,19)20)10(16,17)12(21,22)23/h1-3H,4-5H2. The van der Waals surface area contributed by atoms with E-state index >= 15 is 0 Å². The zero-order chi connectivity index (χ0) is 18.3. The molecular formula is C12H7Cl2F9. The minimum absolute atomic E-state index is 0.205. The summed E-state index contributed by atoms with van der Waals surface area (Å²) in [5.41, 5.74) is -8.48. The van der Waals surface area contributed by atoms with Crippen LogP contribution in [0.4, 0.5) is 39.5 Å². The molecule has 0 fully saturated rings. The van der Waals surface area contributed by atoms with E-state index in [0.29, 0.717) is 0 Å². The van der Waals surface area contributed by atoms with Crippen molar-refractivity contribution in [1.29, 1.82) is 0 Å². The Hall–Kier alpha value is -0.830. The van der Waals surface area contributed by atoms with E-state index in [1.165, 1.54) is 0 Å². The van der Waals surface area contributed by atoms with Gasteiger partial charge in [-0.2, -0.15) is 35.1 Å². The lowest BCUT2D eigenvalue weighted by Gasteiger charge is -2.36. The van der Waals surface area contributed by atoms with E-state index in [0.717, 1.165) is 6.07 Å². The van der Waals surface area contributed by atoms with Gasteiger partial charge in [-0.05, 0) is 11.1 Å². The van der Waals surface area contributed by atoms with Crippen LogP contribution < -0.4 is 0 Å². The smallest absolute Gasteiger partial charge is 0.221 e. The average molecular weight is 393 g/mol. The molecule has 0 heterocycles. The summed E-state index contributed by atoms with van der Waals surface area (Å²) in [4.78, 5) is 0. The molecule has 0 N–H and O–H groups in total. The highest BCUT2D eigenvalue weighted by atomic mass is 35.5. The predicted octanol–water partition coefficient (Wildman–Crippen LogP) is 6.09. The maximum Gasteiger partial charge on any atom is 0.457 e. The van der Waals surface area contributed by atoms with Gasteiger partial charge >= 0.3 is 23.9 Å². The van der Waals surface area contributed by atoms with Crippen molar-refractivity contribution in [3.8, 4) is 0 Å². The highest BCUT2D eigenvalue weighted by Crippen LogP contribution is 2.58. The van der Waals surface area contributed by atoms with E-state index < -0.39 is 41.3 Å². The van der Waals surface area contributed by atoms with Gasteiger partial charge in [0, 0.05) is 17.3 Å². The number of halogens is 11. The summed E-state index contributed by atoms with van der Waals surface area (Å²) >= 11 is 10.7. The van der Waals surface area contributed by atoms with Gasteiger partial charge in [0.05, 0.1) is 0 Å². The van der Waals surface area contributed by atoms with Gasteiger partial charge < -0.3 is 0 Å². The molecule has 0 spiro atoms. The van der Waals surface area contributed by atoms with Crippen molar-refractivity contribution < 1.29 is 39.5 Å². The Bertz CT molecular complexity index is 542. The molecule has 0 radical (unpaired) electrons. The summed E-state index contributed by atoms with van der Waals surface area (Å²) < 4.78 is 117. The van der Waals surface area contributed by atoms with E-state index in [1.807, 2.05) is 0 Å². The third-order valence-electron chi connectivity index (χ3n) is 2.94. The monoisotopic (exact) mass is 392 g/mol. The Morgan fingerprint density at radius 2 is 1.04 bits per heavy atom. The molecule has 0 nitrogen and oxygen atoms in total. The van der Waals surface area contributed by atoms with Gasteiger partial charge in [0.25, 0.3) is 0 Å². The van der Waals surface area contributed by atoms with Gasteiger partial charge in [0.15, 0.2) is 0 Å². The van der Waals surface area contributed by atoms with E-state index in [1.54, 1.807) is 0 Å². The molecular weight excluding hydrogens is 386 g/mol. The molecule has 1 rings (SSSR count). The summed E-state index contributed by atoms with van der Waals surface area (Å²) in [5.74, 6) is -7.79. The molecule has 23 heavy (non-hydrogen) atoms. The molecule has 0 aromatic heterocycles. The Morgan fingerprint density at radius 3 is 1.30 bits per heavy atom. The average Bonchev–Trinajstić information content (AvgIpc) is 2.42. The van der Waals surface area contributed by atoms with Crippen LogP contribution in [-0.4, -0.2) is 18.3 Å². The van der Waals surface area contributed by atoms with Crippen molar-refractivity contribution in [2.45, 2.75) is 35.7 Å². The van der Waals surface area contributed by atoms with Crippen molar-refractivity contribution in [3.63, 3.8) is 0 Å². The van der Waals surface area contributed by atoms with Crippen molar-refractivity contribution >= 4 is 23.2 Å². The largest absolute Gasteiger partial charge is 0.457 e. The fourth-order valence-corrected chi connectivity index (χ4v) is 2.14. The van der Waals surface area contributed by atoms with Crippen molar-refractivity contribution in [3.05, 3.63) is 34.9 Å². The molecule has 1 atom stereocenters. The number of alkyl halides is 11. The van der Waals surface area contributed by atoms with Crippen LogP contribution in [0.2, 0.25) is 0 Å². The summed E-state index contributed by atoms with van der Waals surface area (Å²) in [6, 6.07) is 1.47. The molecule has 0 aliphatic rings. The zero-order valence-corrected chi connectivity index (χ0v) is 12.3. The highest BCUT2D eigenvalue weighted by molar-refractivity contribution is 6.17. The Morgan fingerprint density at radius 1 is 0.652 bits per heavy atom. The summed E-state index contributed by atoms with van der Waals surface area (Å²) in [6.07, 6.45) is -13.3. The van der Waals surface area contributed by atoms with Crippen LogP contribution in [0.3, 0.4) is 0 Å². The normalized spacial score (nSPS) is 16.3. The summed E-state index contributed by atoms with van der Waals surface area (Å²) in [5, 5.41) is 0. The predicted molar refractivity (Wildman–Crippen MR) is 65.4 cm³/mol. The first-order valence-corrected chi connectivity index (χ1v) is 6.74. The lowest BCUT2D eigenvalue weighted by atomic mass is 9.86. The zero-order valence-electron chi connectivity index (χ0n) is 10.8. The minimum Gasteiger partial charge on any atom is -0.221 e. The van der Waals surface area contributed by atoms with Crippen molar-refractivity contribution in [2.24, 2.45) is 0 Å². The number of rotatable bonds is 4. The molecule has 0 amide bonds. The Kier molecular flexibility index (Phi) is 5.48. The molecule has 132 valence electrons. The molecule has 0 bridgehead atoms. The van der Waals surface area contributed by atoms with E-state index in [2.05, 4.69) is 0 Å². The molecule has 0 aliphatic carbocycles. The maximum atomic E-state index is 14.3. The second-order valence-electron chi connectivity index (χ2n) is 4.53. The summed E-state index contributed by atoms with van der Waals surface area (Å²) in [6.45, 7) is 0. The lowest BCUT2D eigenvalue weighted by Crippen LogP contribution is -2.59. The molecule has 1 aromatic carbocycles. The van der Waals surface area contributed by atoms with Crippen LogP contribution in [-0.2, 0) is 17.4 Å². The fourth-order valence-electron chi connectivity index (χ4n) is 1.83. The quantitative estimate of drug-likeness (QED) is 0.429. The van der Waals surface area contributed by atoms with Crippen LogP contribution in [0.5, 0.6) is 0 Å². The first-order chi connectivity index (χ1) is 10.2. The third-order valence-corrected chi connectivity index (χ3v) is 3.56. The van der Waals surface area contributed by atoms with Crippen molar-refractivity contribution in [1.82, 2.24) is 0 Å². The minimum atomic E-state index is -6.77. The Balaban J connectivity index is 3.75. The van der Waals surface area contributed by atoms with Gasteiger partial charge in [-0.1, -0.05) is 18.2 Å². The molecule has 0 saturated heterocycles. The van der Waals surface area contributed by atoms with Gasteiger partial charge in [-0.25, -0.2) is 4.39 Å². The Labute approximate surface area is 134 Å². The first-order valence-electron chi connectivity index (χ1n) is 5.67. The molecule has 11 heteroatoms. The van der Waals surface area contributed by atoms with Gasteiger partial charge in [0.2, 0.25) is 0 Å². The SMILES string of the molecule is FC(F)(F)C(F)(F)C(F)(c1cc(CCl)cc(CCl)c1)C(F)(F)F. The molecule has 1 unspecified atom stereocenters. The number of hydrogen-bond donors (Lipinski definition) is 0. The molecule has 0 aliphatic heterocycles. The van der Waals surface area contributed by atoms with Crippen LogP contribution in [0, 0.1) is 0 Å². The third kappa shape index (κ3) is 3.35. The number of benzene rings is 1. The van der Waals surface area contributed by atoms with Crippen LogP contribution in [0.15, 0.2) is 18.2 Å². The van der Waals surface area contributed by atoms with Gasteiger partial charge in [-0.3, -0.25) is 0 Å². The molecule has 0 saturated carbocycles. The maximum absolute atomic E-state index is 14.3. The fraction of sp³-hybridized carbons (Fsp3) is 0.500. The highest BCUT2D eigenvalue weighted by Gasteiger charge is 2.81. The first kappa shape index (κ1) is 20.2. The van der Waals surface area contributed by atoms with E-state index in [4.69, 9.17) is 23.2 Å². The van der Waals surface area contributed by atoms with Gasteiger partial charge in [-0.15, -0.1) is 23.2 Å². The van der Waals surface area contributed by atoms with Gasteiger partial charge in [0.1, 0.15) is 0 Å². The van der Waals surface area contributed by atoms with Crippen molar-refractivity contribution in [2.75, 3.05) is 0 Å². The van der Waals surface area contributed by atoms with Crippen LogP contribution >= 0.6 is 23.2 Å². The lowest BCUT2D eigenvalue weighted by molar-refractivity contribution is -0.389. The molecule has 1 aromatic rings. The number of hydrogen-bond acceptors (Lipinski definition) is 0. The summed E-state index contributed by atoms with van der Waals surface area (Å²) in [7, 11) is 0. The van der Waals surface area contributed by atoms with Crippen LogP contribution in [0.25, 0.3) is 0 Å². The second-order valence-corrected chi connectivity index (χ2v) is 5.07. The topological polar surface area (TPSA) is 0 Å². The second kappa shape index (κ2) is 6.23. The van der Waals surface area contributed by atoms with Crippen LogP contribution in [0.1, 0.15) is 16.7 Å².